The van der Waals surface area contributed by atoms with Gasteiger partial charge in [0, 0.05) is 52.4 Å². The van der Waals surface area contributed by atoms with Crippen molar-refractivity contribution in [1.29, 1.82) is 0 Å². The molecule has 3 aliphatic heterocycles. The fraction of sp³-hybridized carbons (Fsp3) is 1.00. The van der Waals surface area contributed by atoms with Gasteiger partial charge in [-0.05, 0) is 32.2 Å². The lowest BCUT2D eigenvalue weighted by atomic mass is 9.89. The van der Waals surface area contributed by atoms with Crippen LogP contribution in [0, 0.1) is 5.41 Å². The quantitative estimate of drug-likeness (QED) is 0.744. The molecule has 3 atom stereocenters. The Morgan fingerprint density at radius 2 is 1.68 bits per heavy atom. The summed E-state index contributed by atoms with van der Waals surface area (Å²) >= 11 is 0. The number of halogens is 1. The van der Waals surface area contributed by atoms with Crippen LogP contribution in [-0.2, 0) is 14.9 Å². The van der Waals surface area contributed by atoms with E-state index in [1.807, 2.05) is 13.8 Å². The Labute approximate surface area is 158 Å². The molecule has 1 N–H and O–H groups in total. The minimum absolute atomic E-state index is 0. The first-order chi connectivity index (χ1) is 11.3. The summed E-state index contributed by atoms with van der Waals surface area (Å²) in [6, 6.07) is 0. The Balaban J connectivity index is 0.00000225. The van der Waals surface area contributed by atoms with Crippen LogP contribution in [0.2, 0.25) is 0 Å². The number of rotatable bonds is 4. The number of nitrogens with one attached hydrogen (secondary N) is 1. The van der Waals surface area contributed by atoms with E-state index >= 15 is 0 Å². The third kappa shape index (κ3) is 5.06. The molecule has 3 unspecified atom stereocenters. The highest BCUT2D eigenvalue weighted by molar-refractivity contribution is 7.86. The summed E-state index contributed by atoms with van der Waals surface area (Å²) in [7, 11) is -3.37. The van der Waals surface area contributed by atoms with E-state index in [0.29, 0.717) is 31.6 Å². The average molecular weight is 397 g/mol. The molecule has 0 saturated carbocycles. The maximum absolute atomic E-state index is 12.9. The first-order valence-electron chi connectivity index (χ1n) is 9.12. The fourth-order valence-corrected chi connectivity index (χ4v) is 5.89. The second kappa shape index (κ2) is 8.37. The highest BCUT2D eigenvalue weighted by atomic mass is 35.5. The summed E-state index contributed by atoms with van der Waals surface area (Å²) in [4.78, 5) is 2.42. The van der Waals surface area contributed by atoms with E-state index in [4.69, 9.17) is 4.74 Å². The summed E-state index contributed by atoms with van der Waals surface area (Å²) in [5.41, 5.74) is 0.329. The van der Waals surface area contributed by atoms with Gasteiger partial charge in [-0.1, -0.05) is 6.92 Å². The first-order valence-corrected chi connectivity index (χ1v) is 10.5. The van der Waals surface area contributed by atoms with Crippen molar-refractivity contribution in [3.63, 3.8) is 0 Å². The number of ether oxygens (including phenoxy) is 1. The van der Waals surface area contributed by atoms with Crippen LogP contribution in [0.5, 0.6) is 0 Å². The zero-order valence-corrected chi connectivity index (χ0v) is 17.2. The maximum atomic E-state index is 12.9. The average Bonchev–Trinajstić information content (AvgIpc) is 2.93. The molecule has 0 bridgehead atoms. The van der Waals surface area contributed by atoms with E-state index in [9.17, 15) is 8.42 Å². The van der Waals surface area contributed by atoms with Crippen LogP contribution in [0.1, 0.15) is 27.2 Å². The first kappa shape index (κ1) is 21.3. The van der Waals surface area contributed by atoms with Crippen molar-refractivity contribution in [2.24, 2.45) is 5.41 Å². The molecule has 3 aliphatic rings. The molecule has 0 aromatic rings. The molecular formula is C16H33ClN4O3S. The predicted octanol–water partition coefficient (Wildman–Crippen LogP) is 0.379. The third-order valence-electron chi connectivity index (χ3n) is 5.43. The van der Waals surface area contributed by atoms with Crippen molar-refractivity contribution < 1.29 is 13.2 Å². The van der Waals surface area contributed by atoms with Gasteiger partial charge in [0.2, 0.25) is 0 Å². The van der Waals surface area contributed by atoms with Gasteiger partial charge in [0.15, 0.2) is 0 Å². The van der Waals surface area contributed by atoms with Gasteiger partial charge in [-0.2, -0.15) is 17.0 Å². The third-order valence-corrected chi connectivity index (χ3v) is 7.40. The van der Waals surface area contributed by atoms with E-state index in [1.54, 1.807) is 8.61 Å². The van der Waals surface area contributed by atoms with E-state index in [0.717, 1.165) is 32.7 Å². The summed E-state index contributed by atoms with van der Waals surface area (Å²) in [6.07, 6.45) is 1.12. The predicted molar refractivity (Wildman–Crippen MR) is 101 cm³/mol. The molecule has 0 aromatic heterocycles. The molecule has 25 heavy (non-hydrogen) atoms. The summed E-state index contributed by atoms with van der Waals surface area (Å²) in [5.74, 6) is 0. The lowest BCUT2D eigenvalue weighted by Crippen LogP contribution is -2.57. The molecule has 9 heteroatoms. The topological polar surface area (TPSA) is 65.1 Å². The van der Waals surface area contributed by atoms with Crippen LogP contribution in [0.4, 0.5) is 0 Å². The summed E-state index contributed by atoms with van der Waals surface area (Å²) < 4.78 is 34.7. The molecule has 3 rings (SSSR count). The molecule has 3 heterocycles. The molecule has 0 aromatic carbocycles. The van der Waals surface area contributed by atoms with Gasteiger partial charge in [0.25, 0.3) is 10.2 Å². The Kier molecular flexibility index (Phi) is 7.15. The van der Waals surface area contributed by atoms with E-state index in [-0.39, 0.29) is 24.6 Å². The van der Waals surface area contributed by atoms with Crippen molar-refractivity contribution in [3.05, 3.63) is 0 Å². The monoisotopic (exact) mass is 396 g/mol. The molecule has 148 valence electrons. The van der Waals surface area contributed by atoms with Gasteiger partial charge in [-0.25, -0.2) is 0 Å². The van der Waals surface area contributed by atoms with Crippen molar-refractivity contribution in [2.45, 2.75) is 39.4 Å². The molecule has 7 nitrogen and oxygen atoms in total. The molecule has 0 aliphatic carbocycles. The van der Waals surface area contributed by atoms with Crippen LogP contribution in [0.3, 0.4) is 0 Å². The van der Waals surface area contributed by atoms with Crippen LogP contribution in [-0.4, -0.2) is 93.0 Å². The number of nitrogens with zero attached hydrogens (tertiary/aromatic N) is 3. The highest BCUT2D eigenvalue weighted by Gasteiger charge is 2.38. The maximum Gasteiger partial charge on any atom is 0.282 e. The number of hydrogen-bond donors (Lipinski definition) is 1. The molecule has 0 spiro atoms. The Morgan fingerprint density at radius 1 is 1.08 bits per heavy atom. The van der Waals surface area contributed by atoms with E-state index in [1.165, 1.54) is 6.42 Å². The number of piperazine rings is 1. The van der Waals surface area contributed by atoms with Gasteiger partial charge >= 0.3 is 0 Å². The van der Waals surface area contributed by atoms with Gasteiger partial charge in [0.05, 0.1) is 12.2 Å². The normalized spacial score (nSPS) is 36.3. The van der Waals surface area contributed by atoms with Gasteiger partial charge in [-0.3, -0.25) is 0 Å². The lowest BCUT2D eigenvalue weighted by molar-refractivity contribution is -0.0458. The van der Waals surface area contributed by atoms with E-state index < -0.39 is 10.2 Å². The zero-order chi connectivity index (χ0) is 17.4. The van der Waals surface area contributed by atoms with Crippen LogP contribution in [0.15, 0.2) is 0 Å². The molecule has 3 saturated heterocycles. The van der Waals surface area contributed by atoms with Crippen molar-refractivity contribution in [3.8, 4) is 0 Å². The Bertz CT molecular complexity index is 523. The van der Waals surface area contributed by atoms with Gasteiger partial charge in [-0.15, -0.1) is 12.4 Å². The van der Waals surface area contributed by atoms with Crippen molar-refractivity contribution in [1.82, 2.24) is 18.8 Å². The number of hydrogen-bond acceptors (Lipinski definition) is 5. The smallest absolute Gasteiger partial charge is 0.282 e. The minimum atomic E-state index is -3.37. The van der Waals surface area contributed by atoms with Crippen LogP contribution < -0.4 is 5.32 Å². The molecular weight excluding hydrogens is 364 g/mol. The molecule has 3 fully saturated rings. The molecule has 0 amide bonds. The SMILES string of the molecule is CC1CN(S(=O)(=O)N2CCN(CC3(C)CCNC3)CC2)CC(C)O1.Cl. The zero-order valence-electron chi connectivity index (χ0n) is 15.6. The second-order valence-electron chi connectivity index (χ2n) is 7.99. The lowest BCUT2D eigenvalue weighted by Gasteiger charge is -2.41. The fourth-order valence-electron chi connectivity index (χ4n) is 4.14. The van der Waals surface area contributed by atoms with Crippen LogP contribution in [0.25, 0.3) is 0 Å². The minimum Gasteiger partial charge on any atom is -0.373 e. The van der Waals surface area contributed by atoms with Gasteiger partial charge < -0.3 is 15.0 Å². The van der Waals surface area contributed by atoms with Crippen molar-refractivity contribution >= 4 is 22.6 Å². The number of morpholine rings is 1. The largest absolute Gasteiger partial charge is 0.373 e. The second-order valence-corrected chi connectivity index (χ2v) is 9.92. The van der Waals surface area contributed by atoms with Crippen LogP contribution >= 0.6 is 12.4 Å². The standard InChI is InChI=1S/C16H32N4O3S.ClH/c1-14-10-20(11-15(2)23-14)24(21,22)19-8-6-18(7-9-19)13-16(3)4-5-17-12-16;/h14-15,17H,4-13H2,1-3H3;1H. The molecule has 0 radical (unpaired) electrons. The Morgan fingerprint density at radius 3 is 2.20 bits per heavy atom. The van der Waals surface area contributed by atoms with Gasteiger partial charge in [0.1, 0.15) is 0 Å². The summed E-state index contributed by atoms with van der Waals surface area (Å²) in [6.45, 7) is 13.2. The van der Waals surface area contributed by atoms with E-state index in [2.05, 4.69) is 17.1 Å². The Hall–Kier alpha value is 0.0400. The summed E-state index contributed by atoms with van der Waals surface area (Å²) in [5, 5.41) is 3.44. The highest BCUT2D eigenvalue weighted by Crippen LogP contribution is 2.26. The van der Waals surface area contributed by atoms with Crippen molar-refractivity contribution in [2.75, 3.05) is 58.9 Å².